The number of halogens is 1. The van der Waals surface area contributed by atoms with Gasteiger partial charge < -0.3 is 29.6 Å². The van der Waals surface area contributed by atoms with Gasteiger partial charge in [0, 0.05) is 25.2 Å². The van der Waals surface area contributed by atoms with Crippen molar-refractivity contribution >= 4 is 29.9 Å². The molecule has 2 aromatic rings. The highest BCUT2D eigenvalue weighted by Gasteiger charge is 2.15. The van der Waals surface area contributed by atoms with Crippen LogP contribution in [0.25, 0.3) is 0 Å². The Labute approximate surface area is 202 Å². The van der Waals surface area contributed by atoms with E-state index in [9.17, 15) is 0 Å². The first kappa shape index (κ1) is 26.7. The smallest absolute Gasteiger partial charge is 0.203 e. The van der Waals surface area contributed by atoms with E-state index in [4.69, 9.17) is 18.9 Å². The van der Waals surface area contributed by atoms with Gasteiger partial charge >= 0.3 is 0 Å². The van der Waals surface area contributed by atoms with Gasteiger partial charge in [0.25, 0.3) is 0 Å². The Balaban J connectivity index is 0.00000480. The summed E-state index contributed by atoms with van der Waals surface area (Å²) in [6.07, 6.45) is 1.62. The highest BCUT2D eigenvalue weighted by atomic mass is 127. The van der Waals surface area contributed by atoms with Crippen LogP contribution in [-0.2, 0) is 12.8 Å². The van der Waals surface area contributed by atoms with Gasteiger partial charge in [-0.25, -0.2) is 0 Å². The summed E-state index contributed by atoms with van der Waals surface area (Å²) in [4.78, 5) is 4.69. The molecule has 0 saturated heterocycles. The lowest BCUT2D eigenvalue weighted by Gasteiger charge is -2.15. The van der Waals surface area contributed by atoms with Gasteiger partial charge in [-0.1, -0.05) is 18.2 Å². The fourth-order valence-corrected chi connectivity index (χ4v) is 3.11. The molecule has 0 atom stereocenters. The monoisotopic (exact) mass is 543 g/mol. The summed E-state index contributed by atoms with van der Waals surface area (Å²) in [5, 5.41) is 6.67. The molecule has 2 rings (SSSR count). The maximum absolute atomic E-state index is 5.55. The molecule has 0 fully saturated rings. The van der Waals surface area contributed by atoms with Crippen LogP contribution in [-0.4, -0.2) is 54.0 Å². The summed E-state index contributed by atoms with van der Waals surface area (Å²) >= 11 is 0. The number of rotatable bonds is 11. The Morgan fingerprint density at radius 3 is 2.10 bits per heavy atom. The predicted octanol–water partition coefficient (Wildman–Crippen LogP) is 3.68. The average molecular weight is 543 g/mol. The summed E-state index contributed by atoms with van der Waals surface area (Å²) in [7, 11) is 6.53. The van der Waals surface area contributed by atoms with Gasteiger partial charge in [-0.3, -0.25) is 4.99 Å². The van der Waals surface area contributed by atoms with Crippen LogP contribution in [0, 0.1) is 0 Å². The third-order valence-corrected chi connectivity index (χ3v) is 4.65. The third-order valence-electron chi connectivity index (χ3n) is 4.65. The Bertz CT molecular complexity index is 813. The van der Waals surface area contributed by atoms with Crippen molar-refractivity contribution in [2.24, 2.45) is 4.99 Å². The van der Waals surface area contributed by atoms with Gasteiger partial charge in [-0.2, -0.15) is 0 Å². The second kappa shape index (κ2) is 14.6. The molecule has 0 unspecified atom stereocenters. The van der Waals surface area contributed by atoms with Crippen molar-refractivity contribution < 1.29 is 18.9 Å². The summed E-state index contributed by atoms with van der Waals surface area (Å²) in [5.74, 6) is 3.60. The number of hydrogen-bond donors (Lipinski definition) is 2. The van der Waals surface area contributed by atoms with E-state index >= 15 is 0 Å². The van der Waals surface area contributed by atoms with Crippen LogP contribution in [0.2, 0.25) is 0 Å². The molecule has 0 aliphatic carbocycles. The molecule has 2 N–H and O–H groups in total. The van der Waals surface area contributed by atoms with Gasteiger partial charge in [-0.05, 0) is 43.5 Å². The fraction of sp³-hybridized carbons (Fsp3) is 0.435. The van der Waals surface area contributed by atoms with Crippen LogP contribution >= 0.6 is 24.0 Å². The van der Waals surface area contributed by atoms with Gasteiger partial charge in [0.1, 0.15) is 5.75 Å². The number of benzene rings is 2. The molecule has 0 aliphatic rings. The molecule has 7 nitrogen and oxygen atoms in total. The van der Waals surface area contributed by atoms with Crippen LogP contribution < -0.4 is 29.6 Å². The van der Waals surface area contributed by atoms with Crippen molar-refractivity contribution in [1.29, 1.82) is 0 Å². The van der Waals surface area contributed by atoms with E-state index in [0.717, 1.165) is 43.2 Å². The number of nitrogens with one attached hydrogen (secondary N) is 2. The normalized spacial score (nSPS) is 10.7. The molecule has 0 bridgehead atoms. The van der Waals surface area contributed by atoms with Gasteiger partial charge in [0.15, 0.2) is 17.5 Å². The first-order valence-corrected chi connectivity index (χ1v) is 10.1. The van der Waals surface area contributed by atoms with Crippen LogP contribution in [0.5, 0.6) is 23.0 Å². The van der Waals surface area contributed by atoms with Crippen molar-refractivity contribution in [1.82, 2.24) is 10.6 Å². The Morgan fingerprint density at radius 2 is 1.52 bits per heavy atom. The lowest BCUT2D eigenvalue weighted by molar-refractivity contribution is 0.322. The largest absolute Gasteiger partial charge is 0.497 e. The van der Waals surface area contributed by atoms with E-state index in [0.29, 0.717) is 23.8 Å². The molecule has 31 heavy (non-hydrogen) atoms. The summed E-state index contributed by atoms with van der Waals surface area (Å²) in [6, 6.07) is 12.0. The number of nitrogens with zero attached hydrogens (tertiary/aromatic N) is 1. The Kier molecular flexibility index (Phi) is 12.6. The summed E-state index contributed by atoms with van der Waals surface area (Å²) < 4.78 is 21.6. The minimum absolute atomic E-state index is 0. The first-order valence-electron chi connectivity index (χ1n) is 10.1. The van der Waals surface area contributed by atoms with Crippen LogP contribution in [0.15, 0.2) is 41.4 Å². The molecule has 0 amide bonds. The molecule has 0 saturated carbocycles. The maximum Gasteiger partial charge on any atom is 0.203 e. The minimum atomic E-state index is 0. The van der Waals surface area contributed by atoms with Crippen molar-refractivity contribution in [2.45, 2.75) is 19.8 Å². The van der Waals surface area contributed by atoms with E-state index in [2.05, 4.69) is 34.7 Å². The highest BCUT2D eigenvalue weighted by molar-refractivity contribution is 14.0. The quantitative estimate of drug-likeness (QED) is 0.256. The zero-order chi connectivity index (χ0) is 21.8. The third kappa shape index (κ3) is 8.01. The van der Waals surface area contributed by atoms with E-state index < -0.39 is 0 Å². The number of aliphatic imine (C=N–C) groups is 1. The lowest BCUT2D eigenvalue weighted by Crippen LogP contribution is -2.38. The molecule has 0 aliphatic heterocycles. The van der Waals surface area contributed by atoms with E-state index in [1.165, 1.54) is 5.56 Å². The van der Waals surface area contributed by atoms with Crippen molar-refractivity contribution in [3.63, 3.8) is 0 Å². The van der Waals surface area contributed by atoms with Crippen molar-refractivity contribution in [3.05, 3.63) is 47.5 Å². The molecular formula is C23H34IN3O4. The first-order chi connectivity index (χ1) is 14.7. The Morgan fingerprint density at radius 1 is 0.806 bits per heavy atom. The molecule has 0 aromatic heterocycles. The average Bonchev–Trinajstić information content (AvgIpc) is 2.78. The Hall–Kier alpha value is -2.36. The molecule has 172 valence electrons. The zero-order valence-electron chi connectivity index (χ0n) is 19.0. The van der Waals surface area contributed by atoms with E-state index in [-0.39, 0.29) is 24.0 Å². The summed E-state index contributed by atoms with van der Waals surface area (Å²) in [5.41, 5.74) is 2.27. The molecule has 0 spiro atoms. The van der Waals surface area contributed by atoms with Crippen LogP contribution in [0.4, 0.5) is 0 Å². The molecule has 0 radical (unpaired) electrons. The SMILES string of the molecule is CCNC(=NCCc1ccc(OC)c(OC)c1OC)NCCc1ccc(OC)cc1.I. The lowest BCUT2D eigenvalue weighted by atomic mass is 10.1. The zero-order valence-corrected chi connectivity index (χ0v) is 21.3. The number of ether oxygens (including phenoxy) is 4. The minimum Gasteiger partial charge on any atom is -0.497 e. The highest BCUT2D eigenvalue weighted by Crippen LogP contribution is 2.39. The molecule has 8 heteroatoms. The fourth-order valence-electron chi connectivity index (χ4n) is 3.11. The summed E-state index contributed by atoms with van der Waals surface area (Å²) in [6.45, 7) is 4.26. The molecular weight excluding hydrogens is 509 g/mol. The van der Waals surface area contributed by atoms with Crippen LogP contribution in [0.1, 0.15) is 18.1 Å². The number of guanidine groups is 1. The number of methoxy groups -OCH3 is 4. The molecule has 0 heterocycles. The molecule has 2 aromatic carbocycles. The van der Waals surface area contributed by atoms with Gasteiger partial charge in [-0.15, -0.1) is 24.0 Å². The van der Waals surface area contributed by atoms with Gasteiger partial charge in [0.2, 0.25) is 5.75 Å². The van der Waals surface area contributed by atoms with Crippen LogP contribution in [0.3, 0.4) is 0 Å². The van der Waals surface area contributed by atoms with Crippen molar-refractivity contribution in [2.75, 3.05) is 48.1 Å². The predicted molar refractivity (Wildman–Crippen MR) is 136 cm³/mol. The topological polar surface area (TPSA) is 73.3 Å². The maximum atomic E-state index is 5.55. The standard InChI is InChI=1S/C23H33N3O4.HI/c1-6-24-23(25-15-13-17-7-10-19(27-2)11-8-17)26-16-14-18-9-12-20(28-3)22(30-5)21(18)29-4;/h7-12H,6,13-16H2,1-5H3,(H2,24,25,26);1H. The van der Waals surface area contributed by atoms with Gasteiger partial charge in [0.05, 0.1) is 28.4 Å². The second-order valence-electron chi connectivity index (χ2n) is 6.53. The number of hydrogen-bond acceptors (Lipinski definition) is 5. The van der Waals surface area contributed by atoms with Crippen molar-refractivity contribution in [3.8, 4) is 23.0 Å². The van der Waals surface area contributed by atoms with E-state index in [1.54, 1.807) is 28.4 Å². The second-order valence-corrected chi connectivity index (χ2v) is 6.53. The van der Waals surface area contributed by atoms with E-state index in [1.807, 2.05) is 24.3 Å².